The number of thioether (sulfide) groups is 1. The van der Waals surface area contributed by atoms with Crippen LogP contribution in [0.2, 0.25) is 0 Å². The van der Waals surface area contributed by atoms with E-state index in [1.165, 1.54) is 22.3 Å². The molecule has 1 aromatic carbocycles. The third-order valence-corrected chi connectivity index (χ3v) is 3.80. The van der Waals surface area contributed by atoms with Crippen LogP contribution in [-0.2, 0) is 4.79 Å². The summed E-state index contributed by atoms with van der Waals surface area (Å²) in [6, 6.07) is 10.0. The van der Waals surface area contributed by atoms with Crippen molar-refractivity contribution in [2.24, 2.45) is 5.10 Å². The molecule has 1 aliphatic rings. The average molecular weight is 264 g/mol. The van der Waals surface area contributed by atoms with Gasteiger partial charge in [0.15, 0.2) is 4.32 Å². The van der Waals surface area contributed by atoms with Gasteiger partial charge in [-0.3, -0.25) is 4.79 Å². The van der Waals surface area contributed by atoms with E-state index in [0.717, 1.165) is 0 Å². The Bertz CT molecular complexity index is 443. The van der Waals surface area contributed by atoms with E-state index in [9.17, 15) is 4.79 Å². The molecule has 0 aromatic heterocycles. The van der Waals surface area contributed by atoms with Crippen molar-refractivity contribution in [2.75, 3.05) is 5.75 Å². The highest BCUT2D eigenvalue weighted by molar-refractivity contribution is 8.23. The first-order chi connectivity index (χ1) is 8.18. The number of benzene rings is 1. The summed E-state index contributed by atoms with van der Waals surface area (Å²) in [4.78, 5) is 11.4. The molecule has 1 aliphatic heterocycles. The first-order valence-electron chi connectivity index (χ1n) is 5.27. The SMILES string of the molecule is CC(C=NN1C(=O)CSC1=S)c1ccccc1. The molecular weight excluding hydrogens is 252 g/mol. The monoisotopic (exact) mass is 264 g/mol. The smallest absolute Gasteiger partial charge is 0.259 e. The largest absolute Gasteiger partial charge is 0.272 e. The highest BCUT2D eigenvalue weighted by Crippen LogP contribution is 2.20. The molecule has 2 rings (SSSR count). The molecule has 1 aromatic rings. The van der Waals surface area contributed by atoms with Crippen LogP contribution in [0.1, 0.15) is 18.4 Å². The minimum Gasteiger partial charge on any atom is -0.272 e. The van der Waals surface area contributed by atoms with Crippen molar-refractivity contribution >= 4 is 40.4 Å². The number of carbonyl (C=O) groups excluding carboxylic acids is 1. The Morgan fingerprint density at radius 1 is 1.47 bits per heavy atom. The van der Waals surface area contributed by atoms with Crippen molar-refractivity contribution in [1.29, 1.82) is 0 Å². The van der Waals surface area contributed by atoms with Crippen LogP contribution in [0.25, 0.3) is 0 Å². The Morgan fingerprint density at radius 3 is 2.76 bits per heavy atom. The number of nitrogens with zero attached hydrogens (tertiary/aromatic N) is 2. The summed E-state index contributed by atoms with van der Waals surface area (Å²) in [5, 5.41) is 5.46. The molecule has 0 aliphatic carbocycles. The molecule has 1 atom stereocenters. The highest BCUT2D eigenvalue weighted by atomic mass is 32.2. The number of hydrogen-bond donors (Lipinski definition) is 0. The van der Waals surface area contributed by atoms with Crippen molar-refractivity contribution in [3.8, 4) is 0 Å². The molecule has 1 unspecified atom stereocenters. The predicted octanol–water partition coefficient (Wildman–Crippen LogP) is 2.64. The lowest BCUT2D eigenvalue weighted by molar-refractivity contribution is -0.124. The number of thiocarbonyl (C=S) groups is 1. The molecule has 0 saturated carbocycles. The van der Waals surface area contributed by atoms with E-state index in [4.69, 9.17) is 12.2 Å². The molecule has 0 spiro atoms. The molecular formula is C12H12N2OS2. The summed E-state index contributed by atoms with van der Waals surface area (Å²) in [6.07, 6.45) is 1.76. The van der Waals surface area contributed by atoms with E-state index in [-0.39, 0.29) is 11.8 Å². The molecule has 5 heteroatoms. The average Bonchev–Trinajstić information content (AvgIpc) is 2.67. The van der Waals surface area contributed by atoms with Crippen molar-refractivity contribution in [3.05, 3.63) is 35.9 Å². The number of hydrazone groups is 1. The predicted molar refractivity (Wildman–Crippen MR) is 75.3 cm³/mol. The number of hydrogen-bond acceptors (Lipinski definition) is 4. The molecule has 0 N–H and O–H groups in total. The first-order valence-corrected chi connectivity index (χ1v) is 6.66. The van der Waals surface area contributed by atoms with Crippen LogP contribution in [0.5, 0.6) is 0 Å². The summed E-state index contributed by atoms with van der Waals surface area (Å²) in [7, 11) is 0. The first kappa shape index (κ1) is 12.3. The maximum atomic E-state index is 11.4. The van der Waals surface area contributed by atoms with Crippen LogP contribution < -0.4 is 0 Å². The van der Waals surface area contributed by atoms with Gasteiger partial charge in [0.1, 0.15) is 0 Å². The van der Waals surface area contributed by atoms with Gasteiger partial charge in [0.25, 0.3) is 5.91 Å². The Labute approximate surface area is 110 Å². The maximum Gasteiger partial charge on any atom is 0.259 e. The Balaban J connectivity index is 2.06. The Kier molecular flexibility index (Phi) is 3.91. The third kappa shape index (κ3) is 2.92. The normalized spacial score (nSPS) is 18.1. The third-order valence-electron chi connectivity index (χ3n) is 2.46. The van der Waals surface area contributed by atoms with Gasteiger partial charge in [0.2, 0.25) is 0 Å². The van der Waals surface area contributed by atoms with Gasteiger partial charge in [-0.05, 0) is 5.56 Å². The molecule has 1 heterocycles. The minimum absolute atomic E-state index is 0.0449. The zero-order valence-corrected chi connectivity index (χ0v) is 11.0. The van der Waals surface area contributed by atoms with Crippen LogP contribution in [-0.4, -0.2) is 27.2 Å². The molecule has 3 nitrogen and oxygen atoms in total. The zero-order valence-electron chi connectivity index (χ0n) is 9.37. The lowest BCUT2D eigenvalue weighted by Crippen LogP contribution is -2.22. The topological polar surface area (TPSA) is 32.7 Å². The number of amides is 1. The summed E-state index contributed by atoms with van der Waals surface area (Å²) in [5.74, 6) is 0.518. The van der Waals surface area contributed by atoms with Gasteiger partial charge in [-0.15, -0.1) is 0 Å². The van der Waals surface area contributed by atoms with Crippen LogP contribution in [0.4, 0.5) is 0 Å². The second-order valence-corrected chi connectivity index (χ2v) is 5.33. The van der Waals surface area contributed by atoms with Crippen LogP contribution in [0, 0.1) is 0 Å². The van der Waals surface area contributed by atoms with Crippen molar-refractivity contribution in [2.45, 2.75) is 12.8 Å². The van der Waals surface area contributed by atoms with E-state index in [2.05, 4.69) is 5.10 Å². The van der Waals surface area contributed by atoms with Gasteiger partial charge < -0.3 is 0 Å². The van der Waals surface area contributed by atoms with Crippen LogP contribution >= 0.6 is 24.0 Å². The molecule has 1 amide bonds. The van der Waals surface area contributed by atoms with Crippen molar-refractivity contribution in [1.82, 2.24) is 5.01 Å². The van der Waals surface area contributed by atoms with Gasteiger partial charge in [0.05, 0.1) is 5.75 Å². The molecule has 1 saturated heterocycles. The van der Waals surface area contributed by atoms with E-state index >= 15 is 0 Å². The zero-order chi connectivity index (χ0) is 12.3. The minimum atomic E-state index is -0.0449. The standard InChI is InChI=1S/C12H12N2OS2/c1-9(10-5-3-2-4-6-10)7-13-14-11(15)8-17-12(14)16/h2-7,9H,8H2,1H3. The highest BCUT2D eigenvalue weighted by Gasteiger charge is 2.26. The summed E-state index contributed by atoms with van der Waals surface area (Å²) in [6.45, 7) is 2.04. The molecule has 1 fully saturated rings. The maximum absolute atomic E-state index is 11.4. The summed E-state index contributed by atoms with van der Waals surface area (Å²) < 4.78 is 0.534. The van der Waals surface area contributed by atoms with Gasteiger partial charge >= 0.3 is 0 Å². The fourth-order valence-corrected chi connectivity index (χ4v) is 2.43. The van der Waals surface area contributed by atoms with E-state index < -0.39 is 0 Å². The molecule has 0 bridgehead atoms. The fraction of sp³-hybridized carbons (Fsp3) is 0.250. The Morgan fingerprint density at radius 2 is 2.18 bits per heavy atom. The summed E-state index contributed by atoms with van der Waals surface area (Å²) in [5.41, 5.74) is 1.17. The molecule has 88 valence electrons. The number of rotatable bonds is 3. The van der Waals surface area contributed by atoms with Crippen molar-refractivity contribution < 1.29 is 4.79 Å². The van der Waals surface area contributed by atoms with Crippen LogP contribution in [0.3, 0.4) is 0 Å². The van der Waals surface area contributed by atoms with Gasteiger partial charge in [-0.2, -0.15) is 10.1 Å². The molecule has 17 heavy (non-hydrogen) atoms. The van der Waals surface area contributed by atoms with Gasteiger partial charge in [0, 0.05) is 12.1 Å². The fourth-order valence-electron chi connectivity index (χ4n) is 1.47. The van der Waals surface area contributed by atoms with Crippen molar-refractivity contribution in [3.63, 3.8) is 0 Å². The lowest BCUT2D eigenvalue weighted by Gasteiger charge is -2.09. The van der Waals surface area contributed by atoms with Crippen LogP contribution in [0.15, 0.2) is 35.4 Å². The second kappa shape index (κ2) is 5.42. The second-order valence-electron chi connectivity index (χ2n) is 3.72. The van der Waals surface area contributed by atoms with Gasteiger partial charge in [-0.25, -0.2) is 0 Å². The Hall–Kier alpha value is -1.20. The van der Waals surface area contributed by atoms with Gasteiger partial charge in [-0.1, -0.05) is 61.2 Å². The quantitative estimate of drug-likeness (QED) is 0.621. The summed E-state index contributed by atoms with van der Waals surface area (Å²) >= 11 is 6.40. The van der Waals surface area contributed by atoms with E-state index in [1.807, 2.05) is 37.3 Å². The lowest BCUT2D eigenvalue weighted by atomic mass is 10.0. The van der Waals surface area contributed by atoms with E-state index in [0.29, 0.717) is 10.1 Å². The van der Waals surface area contributed by atoms with E-state index in [1.54, 1.807) is 6.21 Å². The molecule has 0 radical (unpaired) electrons. The number of carbonyl (C=O) groups is 1.